The summed E-state index contributed by atoms with van der Waals surface area (Å²) < 4.78 is 25.5. The molecule has 1 heterocycles. The summed E-state index contributed by atoms with van der Waals surface area (Å²) in [6, 6.07) is 11.9. The number of hydrogen-bond acceptors (Lipinski definition) is 6. The Labute approximate surface area is 162 Å². The first kappa shape index (κ1) is 20.7. The number of ether oxygens (including phenoxy) is 2. The third-order valence-corrected chi connectivity index (χ3v) is 4.93. The predicted molar refractivity (Wildman–Crippen MR) is 99.5 cm³/mol. The Morgan fingerprint density at radius 3 is 2.32 bits per heavy atom. The fourth-order valence-corrected chi connectivity index (χ4v) is 3.35. The van der Waals surface area contributed by atoms with Crippen LogP contribution in [-0.2, 0) is 11.2 Å². The summed E-state index contributed by atoms with van der Waals surface area (Å²) in [5.74, 6) is 0.285. The highest BCUT2D eigenvalue weighted by molar-refractivity contribution is 5.34. The summed E-state index contributed by atoms with van der Waals surface area (Å²) in [5.41, 5.74) is 1.71. The summed E-state index contributed by atoms with van der Waals surface area (Å²) in [5, 5.41) is 39.2. The second kappa shape index (κ2) is 8.98. The van der Waals surface area contributed by atoms with Crippen LogP contribution in [0.4, 0.5) is 4.39 Å². The molecule has 0 bridgehead atoms. The molecule has 1 saturated heterocycles. The topological polar surface area (TPSA) is 99.4 Å². The molecule has 0 unspecified atom stereocenters. The Morgan fingerprint density at radius 2 is 1.71 bits per heavy atom. The van der Waals surface area contributed by atoms with E-state index in [4.69, 9.17) is 9.47 Å². The smallest absolute Gasteiger partial charge is 0.127 e. The predicted octanol–water partition coefficient (Wildman–Crippen LogP) is 1.33. The summed E-state index contributed by atoms with van der Waals surface area (Å²) >= 11 is 0. The first-order valence-electron chi connectivity index (χ1n) is 9.25. The molecule has 0 amide bonds. The van der Waals surface area contributed by atoms with Gasteiger partial charge < -0.3 is 29.9 Å². The molecule has 6 nitrogen and oxygen atoms in total. The van der Waals surface area contributed by atoms with Crippen molar-refractivity contribution in [3.8, 4) is 5.75 Å². The van der Waals surface area contributed by atoms with Gasteiger partial charge in [-0.25, -0.2) is 4.39 Å². The highest BCUT2D eigenvalue weighted by Crippen LogP contribution is 2.33. The van der Waals surface area contributed by atoms with E-state index in [9.17, 15) is 24.8 Å². The van der Waals surface area contributed by atoms with Crippen molar-refractivity contribution in [1.29, 1.82) is 0 Å². The molecule has 0 aromatic heterocycles. The Bertz CT molecular complexity index is 779. The minimum absolute atomic E-state index is 0.324. The molecule has 2 aromatic carbocycles. The zero-order chi connectivity index (χ0) is 20.3. The van der Waals surface area contributed by atoms with Crippen LogP contribution >= 0.6 is 0 Å². The van der Waals surface area contributed by atoms with Crippen molar-refractivity contribution in [2.45, 2.75) is 43.9 Å². The van der Waals surface area contributed by atoms with Gasteiger partial charge in [-0.05, 0) is 41.8 Å². The second-order valence-corrected chi connectivity index (χ2v) is 6.85. The van der Waals surface area contributed by atoms with Crippen LogP contribution in [0.15, 0.2) is 42.5 Å². The maximum atomic E-state index is 14.6. The lowest BCUT2D eigenvalue weighted by molar-refractivity contribution is -0.231. The number of aliphatic hydroxyl groups is 4. The zero-order valence-electron chi connectivity index (χ0n) is 15.5. The monoisotopic (exact) mass is 392 g/mol. The van der Waals surface area contributed by atoms with E-state index in [1.54, 1.807) is 12.1 Å². The lowest BCUT2D eigenvalue weighted by atomic mass is 9.90. The average molecular weight is 392 g/mol. The Hall–Kier alpha value is -2.03. The molecular weight excluding hydrogens is 367 g/mol. The molecule has 28 heavy (non-hydrogen) atoms. The molecule has 0 saturated carbocycles. The summed E-state index contributed by atoms with van der Waals surface area (Å²) in [4.78, 5) is 0. The Morgan fingerprint density at radius 1 is 1.00 bits per heavy atom. The standard InChI is InChI=1S/C21H25FO6/c1-2-27-15-7-3-12(4-8-15)9-13-5-6-14(10-16(13)22)21-20(26)19(25)18(24)17(11-23)28-21/h3-8,10,17-21,23-26H,2,9,11H2,1H3/t17-,18-,19+,20-,21+/m1/s1. The quantitative estimate of drug-likeness (QED) is 0.592. The number of benzene rings is 2. The van der Waals surface area contributed by atoms with E-state index < -0.39 is 42.9 Å². The number of aliphatic hydroxyl groups excluding tert-OH is 4. The Kier molecular flexibility index (Phi) is 6.64. The van der Waals surface area contributed by atoms with Crippen molar-refractivity contribution >= 4 is 0 Å². The van der Waals surface area contributed by atoms with Gasteiger partial charge in [-0.2, -0.15) is 0 Å². The van der Waals surface area contributed by atoms with E-state index >= 15 is 0 Å². The number of hydrogen-bond donors (Lipinski definition) is 4. The molecule has 0 aliphatic carbocycles. The van der Waals surface area contributed by atoms with Gasteiger partial charge in [-0.3, -0.25) is 0 Å². The maximum absolute atomic E-state index is 14.6. The van der Waals surface area contributed by atoms with Crippen LogP contribution < -0.4 is 4.74 Å². The molecule has 3 rings (SSSR count). The van der Waals surface area contributed by atoms with Gasteiger partial charge in [0.05, 0.1) is 13.2 Å². The third kappa shape index (κ3) is 4.34. The van der Waals surface area contributed by atoms with Gasteiger partial charge in [0.15, 0.2) is 0 Å². The lowest BCUT2D eigenvalue weighted by Crippen LogP contribution is -2.55. The molecule has 1 aliphatic heterocycles. The van der Waals surface area contributed by atoms with Crippen LogP contribution in [-0.4, -0.2) is 58.1 Å². The van der Waals surface area contributed by atoms with Crippen molar-refractivity contribution < 1.29 is 34.3 Å². The van der Waals surface area contributed by atoms with E-state index in [0.717, 1.165) is 11.3 Å². The molecule has 152 valence electrons. The van der Waals surface area contributed by atoms with E-state index in [0.29, 0.717) is 24.2 Å². The summed E-state index contributed by atoms with van der Waals surface area (Å²) in [6.07, 6.45) is -6.08. The molecule has 2 aromatic rings. The first-order chi connectivity index (χ1) is 13.4. The highest BCUT2D eigenvalue weighted by Gasteiger charge is 2.44. The van der Waals surface area contributed by atoms with Gasteiger partial charge >= 0.3 is 0 Å². The van der Waals surface area contributed by atoms with Gasteiger partial charge in [-0.15, -0.1) is 0 Å². The van der Waals surface area contributed by atoms with Crippen LogP contribution in [0, 0.1) is 5.82 Å². The molecule has 7 heteroatoms. The highest BCUT2D eigenvalue weighted by atomic mass is 19.1. The lowest BCUT2D eigenvalue weighted by Gasteiger charge is -2.40. The maximum Gasteiger partial charge on any atom is 0.127 e. The SMILES string of the molecule is CCOc1ccc(Cc2ccc([C@@H]3O[C@H](CO)[C@@H](O)[C@H](O)[C@H]3O)cc2F)cc1. The van der Waals surface area contributed by atoms with E-state index in [2.05, 4.69) is 0 Å². The molecule has 5 atom stereocenters. The van der Waals surface area contributed by atoms with Crippen molar-refractivity contribution in [3.05, 3.63) is 65.0 Å². The number of halogens is 1. The molecule has 4 N–H and O–H groups in total. The summed E-state index contributed by atoms with van der Waals surface area (Å²) in [7, 11) is 0. The second-order valence-electron chi connectivity index (χ2n) is 6.85. The van der Waals surface area contributed by atoms with Crippen LogP contribution in [0.5, 0.6) is 5.75 Å². The molecule has 0 spiro atoms. The van der Waals surface area contributed by atoms with Gasteiger partial charge in [0.2, 0.25) is 0 Å². The molecular formula is C21H25FO6. The van der Waals surface area contributed by atoms with Gasteiger partial charge in [0, 0.05) is 6.42 Å². The Balaban J connectivity index is 1.76. The molecule has 1 aliphatic rings. The molecule has 1 fully saturated rings. The van der Waals surface area contributed by atoms with Crippen LogP contribution in [0.2, 0.25) is 0 Å². The zero-order valence-corrected chi connectivity index (χ0v) is 15.5. The summed E-state index contributed by atoms with van der Waals surface area (Å²) in [6.45, 7) is 1.95. The van der Waals surface area contributed by atoms with Crippen molar-refractivity contribution in [2.24, 2.45) is 0 Å². The third-order valence-electron chi connectivity index (χ3n) is 4.93. The van der Waals surface area contributed by atoms with E-state index in [1.807, 2.05) is 31.2 Å². The first-order valence-corrected chi connectivity index (χ1v) is 9.25. The normalized spacial score (nSPS) is 27.6. The minimum Gasteiger partial charge on any atom is -0.494 e. The van der Waals surface area contributed by atoms with Crippen molar-refractivity contribution in [3.63, 3.8) is 0 Å². The van der Waals surface area contributed by atoms with Crippen molar-refractivity contribution in [1.82, 2.24) is 0 Å². The van der Waals surface area contributed by atoms with Gasteiger partial charge in [-0.1, -0.05) is 24.3 Å². The van der Waals surface area contributed by atoms with Gasteiger partial charge in [0.25, 0.3) is 0 Å². The van der Waals surface area contributed by atoms with Crippen LogP contribution in [0.3, 0.4) is 0 Å². The minimum atomic E-state index is -1.50. The van der Waals surface area contributed by atoms with E-state index in [1.165, 1.54) is 6.07 Å². The van der Waals surface area contributed by atoms with Crippen molar-refractivity contribution in [2.75, 3.05) is 13.2 Å². The largest absolute Gasteiger partial charge is 0.494 e. The molecule has 0 radical (unpaired) electrons. The number of rotatable bonds is 6. The van der Waals surface area contributed by atoms with Gasteiger partial charge in [0.1, 0.15) is 42.1 Å². The van der Waals surface area contributed by atoms with Crippen LogP contribution in [0.25, 0.3) is 0 Å². The average Bonchev–Trinajstić information content (AvgIpc) is 2.70. The van der Waals surface area contributed by atoms with E-state index in [-0.39, 0.29) is 0 Å². The fraction of sp³-hybridized carbons (Fsp3) is 0.429. The fourth-order valence-electron chi connectivity index (χ4n) is 3.35. The van der Waals surface area contributed by atoms with Crippen LogP contribution in [0.1, 0.15) is 29.7 Å².